The highest BCUT2D eigenvalue weighted by Crippen LogP contribution is 2.30. The van der Waals surface area contributed by atoms with Crippen molar-refractivity contribution in [3.63, 3.8) is 0 Å². The molecule has 1 aromatic carbocycles. The van der Waals surface area contributed by atoms with Gasteiger partial charge >= 0.3 is 12.1 Å². The average molecular weight is 533 g/mol. The molecule has 0 unspecified atom stereocenters. The normalized spacial score (nSPS) is 16.3. The van der Waals surface area contributed by atoms with Gasteiger partial charge in [-0.05, 0) is 69.5 Å². The third-order valence-corrected chi connectivity index (χ3v) is 6.86. The second kappa shape index (κ2) is 11.1. The summed E-state index contributed by atoms with van der Waals surface area (Å²) in [6, 6.07) is 9.36. The quantitative estimate of drug-likeness (QED) is 0.329. The number of ether oxygens (including phenoxy) is 2. The highest BCUT2D eigenvalue weighted by Gasteiger charge is 2.27. The van der Waals surface area contributed by atoms with E-state index in [1.165, 1.54) is 0 Å². The van der Waals surface area contributed by atoms with Crippen LogP contribution in [-0.2, 0) is 22.4 Å². The van der Waals surface area contributed by atoms with Crippen LogP contribution in [0.4, 0.5) is 4.79 Å². The van der Waals surface area contributed by atoms with Crippen LogP contribution in [0.3, 0.4) is 0 Å². The molecule has 2 aliphatic rings. The number of hydrogen-bond donors (Lipinski definition) is 2. The Morgan fingerprint density at radius 2 is 1.87 bits per heavy atom. The number of aromatic amines is 1. The SMILES string of the molecule is CC(C)(C)OC(=O)N1CCN(Cc2ccnc(Cc3nc4ccc(C(=O)OCC(=N)C5CC5)cc4[nH]3)c2)CC1. The van der Waals surface area contributed by atoms with Crippen LogP contribution in [0.25, 0.3) is 11.0 Å². The van der Waals surface area contributed by atoms with E-state index in [2.05, 4.69) is 25.9 Å². The van der Waals surface area contributed by atoms with Crippen molar-refractivity contribution in [3.05, 3.63) is 59.2 Å². The molecule has 1 amide bonds. The van der Waals surface area contributed by atoms with Crippen molar-refractivity contribution >= 4 is 28.8 Å². The van der Waals surface area contributed by atoms with Gasteiger partial charge in [-0.1, -0.05) is 0 Å². The number of piperazine rings is 1. The number of esters is 1. The molecule has 2 fully saturated rings. The van der Waals surface area contributed by atoms with Crippen LogP contribution >= 0.6 is 0 Å². The monoisotopic (exact) mass is 532 g/mol. The zero-order valence-corrected chi connectivity index (χ0v) is 22.8. The third kappa shape index (κ3) is 7.20. The van der Waals surface area contributed by atoms with E-state index in [0.717, 1.165) is 60.6 Å². The lowest BCUT2D eigenvalue weighted by Crippen LogP contribution is -2.49. The number of amides is 1. The summed E-state index contributed by atoms with van der Waals surface area (Å²) in [5, 5.41) is 7.92. The van der Waals surface area contributed by atoms with E-state index < -0.39 is 11.6 Å². The van der Waals surface area contributed by atoms with Crippen LogP contribution < -0.4 is 0 Å². The summed E-state index contributed by atoms with van der Waals surface area (Å²) in [4.78, 5) is 41.4. The number of H-pyrrole nitrogens is 1. The second-order valence-corrected chi connectivity index (χ2v) is 11.4. The maximum atomic E-state index is 12.4. The summed E-state index contributed by atoms with van der Waals surface area (Å²) >= 11 is 0. The summed E-state index contributed by atoms with van der Waals surface area (Å²) in [6.07, 6.45) is 4.13. The molecule has 1 aliphatic heterocycles. The van der Waals surface area contributed by atoms with Crippen molar-refractivity contribution in [3.8, 4) is 0 Å². The highest BCUT2D eigenvalue weighted by molar-refractivity contribution is 5.96. The lowest BCUT2D eigenvalue weighted by molar-refractivity contribution is 0.0139. The predicted octanol–water partition coefficient (Wildman–Crippen LogP) is 4.19. The first-order valence-electron chi connectivity index (χ1n) is 13.5. The van der Waals surface area contributed by atoms with Gasteiger partial charge in [0.05, 0.1) is 16.6 Å². The van der Waals surface area contributed by atoms with Crippen LogP contribution in [0.2, 0.25) is 0 Å². The summed E-state index contributed by atoms with van der Waals surface area (Å²) in [6.45, 7) is 9.33. The zero-order chi connectivity index (χ0) is 27.6. The summed E-state index contributed by atoms with van der Waals surface area (Å²) in [5.41, 5.74) is 4.03. The van der Waals surface area contributed by atoms with E-state index in [-0.39, 0.29) is 18.6 Å². The van der Waals surface area contributed by atoms with Gasteiger partial charge in [0.2, 0.25) is 0 Å². The third-order valence-electron chi connectivity index (χ3n) is 6.86. The van der Waals surface area contributed by atoms with Gasteiger partial charge in [-0.2, -0.15) is 0 Å². The fourth-order valence-corrected chi connectivity index (χ4v) is 4.62. The van der Waals surface area contributed by atoms with Gasteiger partial charge in [-0.3, -0.25) is 9.88 Å². The van der Waals surface area contributed by atoms with E-state index in [1.807, 2.05) is 33.0 Å². The Kier molecular flexibility index (Phi) is 7.65. The minimum absolute atomic E-state index is 0.0528. The molecule has 10 nitrogen and oxygen atoms in total. The number of nitrogens with one attached hydrogen (secondary N) is 2. The van der Waals surface area contributed by atoms with Gasteiger partial charge < -0.3 is 24.8 Å². The molecular weight excluding hydrogens is 496 g/mol. The number of rotatable bonds is 8. The van der Waals surface area contributed by atoms with Gasteiger partial charge in [-0.15, -0.1) is 0 Å². The van der Waals surface area contributed by atoms with Crippen molar-refractivity contribution in [2.45, 2.75) is 52.2 Å². The number of carbonyl (C=O) groups is 2. The molecule has 0 radical (unpaired) electrons. The van der Waals surface area contributed by atoms with Crippen LogP contribution in [0, 0.1) is 11.3 Å². The van der Waals surface area contributed by atoms with Crippen molar-refractivity contribution in [1.29, 1.82) is 5.41 Å². The average Bonchev–Trinajstić information content (AvgIpc) is 3.66. The molecule has 0 spiro atoms. The Morgan fingerprint density at radius 1 is 1.10 bits per heavy atom. The molecule has 206 valence electrons. The van der Waals surface area contributed by atoms with Gasteiger partial charge in [0, 0.05) is 62.7 Å². The standard InChI is InChI=1S/C29H36N6O4/c1-29(2,3)39-28(37)35-12-10-34(11-13-35)17-19-8-9-31-22(14-19)16-26-32-24-7-6-21(15-25(24)33-26)27(36)38-18-23(30)20-4-5-20/h6-9,14-15,20,30H,4-5,10-13,16-18H2,1-3H3,(H,32,33). The van der Waals surface area contributed by atoms with Crippen molar-refractivity contribution < 1.29 is 19.1 Å². The molecule has 2 N–H and O–H groups in total. The summed E-state index contributed by atoms with van der Waals surface area (Å²) in [5.74, 6) is 0.623. The topological polar surface area (TPSA) is 124 Å². The van der Waals surface area contributed by atoms with E-state index in [9.17, 15) is 9.59 Å². The first kappa shape index (κ1) is 26.8. The fraction of sp³-hybridized carbons (Fsp3) is 0.483. The Labute approximate surface area is 228 Å². The zero-order valence-electron chi connectivity index (χ0n) is 22.8. The number of fused-ring (bicyclic) bond motifs is 1. The Hall–Kier alpha value is -3.79. The van der Waals surface area contributed by atoms with E-state index in [4.69, 9.17) is 14.9 Å². The molecule has 10 heteroatoms. The molecule has 3 heterocycles. The van der Waals surface area contributed by atoms with Crippen molar-refractivity contribution in [2.75, 3.05) is 32.8 Å². The predicted molar refractivity (Wildman–Crippen MR) is 147 cm³/mol. The lowest BCUT2D eigenvalue weighted by Gasteiger charge is -2.35. The van der Waals surface area contributed by atoms with Gasteiger partial charge in [0.15, 0.2) is 0 Å². The minimum atomic E-state index is -0.490. The number of imidazole rings is 1. The van der Waals surface area contributed by atoms with E-state index in [0.29, 0.717) is 30.8 Å². The number of aromatic nitrogens is 3. The molecule has 0 atom stereocenters. The van der Waals surface area contributed by atoms with Crippen LogP contribution in [-0.4, -0.2) is 80.9 Å². The molecule has 3 aromatic rings. The van der Waals surface area contributed by atoms with Crippen LogP contribution in [0.1, 0.15) is 61.1 Å². The minimum Gasteiger partial charge on any atom is -0.456 e. The molecule has 0 bridgehead atoms. The Balaban J connectivity index is 1.16. The second-order valence-electron chi connectivity index (χ2n) is 11.4. The highest BCUT2D eigenvalue weighted by atomic mass is 16.6. The van der Waals surface area contributed by atoms with E-state index >= 15 is 0 Å². The number of benzene rings is 1. The van der Waals surface area contributed by atoms with Crippen LogP contribution in [0.15, 0.2) is 36.5 Å². The number of hydrogen-bond acceptors (Lipinski definition) is 8. The van der Waals surface area contributed by atoms with Crippen molar-refractivity contribution in [2.24, 2.45) is 5.92 Å². The van der Waals surface area contributed by atoms with Gasteiger partial charge in [-0.25, -0.2) is 14.6 Å². The van der Waals surface area contributed by atoms with Gasteiger partial charge in [0.1, 0.15) is 18.0 Å². The van der Waals surface area contributed by atoms with Crippen molar-refractivity contribution in [1.82, 2.24) is 24.8 Å². The largest absolute Gasteiger partial charge is 0.456 e. The first-order valence-corrected chi connectivity index (χ1v) is 13.5. The molecule has 39 heavy (non-hydrogen) atoms. The molecule has 5 rings (SSSR count). The molecule has 1 aliphatic carbocycles. The number of pyridine rings is 1. The van der Waals surface area contributed by atoms with Gasteiger partial charge in [0.25, 0.3) is 0 Å². The first-order chi connectivity index (χ1) is 18.6. The number of carbonyl (C=O) groups excluding carboxylic acids is 2. The maximum Gasteiger partial charge on any atom is 0.410 e. The van der Waals surface area contributed by atoms with Crippen LogP contribution in [0.5, 0.6) is 0 Å². The fourth-order valence-electron chi connectivity index (χ4n) is 4.62. The Bertz CT molecular complexity index is 1370. The number of nitrogens with zero attached hydrogens (tertiary/aromatic N) is 4. The molecular formula is C29H36N6O4. The molecule has 2 aromatic heterocycles. The molecule has 1 saturated carbocycles. The van der Waals surface area contributed by atoms with E-state index in [1.54, 1.807) is 23.1 Å². The summed E-state index contributed by atoms with van der Waals surface area (Å²) < 4.78 is 10.8. The maximum absolute atomic E-state index is 12.4. The Morgan fingerprint density at radius 3 is 2.59 bits per heavy atom. The molecule has 1 saturated heterocycles. The summed E-state index contributed by atoms with van der Waals surface area (Å²) in [7, 11) is 0. The lowest BCUT2D eigenvalue weighted by atomic mass is 10.1. The smallest absolute Gasteiger partial charge is 0.410 e.